The molecule has 1 aliphatic rings. The standard InChI is InChI=1S/C25H27F3N2O5/c1-29(15-19-5-3-4-6-21(19)34-2)22(31)16-35-24(33)18-11-13-30(14-12-18)23(32)17-7-9-20(10-8-17)25(26,27)28/h3-10,18H,11-16H2,1-2H3. The van der Waals surface area contributed by atoms with Crippen molar-refractivity contribution in [1.29, 1.82) is 0 Å². The second-order valence-corrected chi connectivity index (χ2v) is 8.31. The number of esters is 1. The molecule has 0 radical (unpaired) electrons. The summed E-state index contributed by atoms with van der Waals surface area (Å²) >= 11 is 0. The number of rotatable bonds is 7. The molecule has 1 fully saturated rings. The molecule has 0 spiro atoms. The van der Waals surface area contributed by atoms with Crippen molar-refractivity contribution >= 4 is 17.8 Å². The molecule has 188 valence electrons. The van der Waals surface area contributed by atoms with Crippen LogP contribution in [0.15, 0.2) is 48.5 Å². The Morgan fingerprint density at radius 2 is 1.66 bits per heavy atom. The molecule has 10 heteroatoms. The van der Waals surface area contributed by atoms with Gasteiger partial charge in [0.2, 0.25) is 0 Å². The number of alkyl halides is 3. The Bertz CT molecular complexity index is 1050. The Labute approximate surface area is 201 Å². The van der Waals surface area contributed by atoms with Crippen LogP contribution in [0.25, 0.3) is 0 Å². The number of ether oxygens (including phenoxy) is 2. The molecule has 0 atom stereocenters. The summed E-state index contributed by atoms with van der Waals surface area (Å²) in [6.07, 6.45) is -3.78. The molecule has 1 aliphatic heterocycles. The van der Waals surface area contributed by atoms with Crippen molar-refractivity contribution < 1.29 is 37.0 Å². The maximum Gasteiger partial charge on any atom is 0.416 e. The normalized spacial score (nSPS) is 14.4. The predicted molar refractivity (Wildman–Crippen MR) is 120 cm³/mol. The summed E-state index contributed by atoms with van der Waals surface area (Å²) in [7, 11) is 3.15. The number of piperidine rings is 1. The predicted octanol–water partition coefficient (Wildman–Crippen LogP) is 3.77. The third-order valence-electron chi connectivity index (χ3n) is 5.94. The van der Waals surface area contributed by atoms with E-state index in [-0.39, 0.29) is 24.6 Å². The molecular formula is C25H27F3N2O5. The van der Waals surface area contributed by atoms with E-state index in [9.17, 15) is 27.6 Å². The first-order chi connectivity index (χ1) is 16.6. The topological polar surface area (TPSA) is 76.2 Å². The summed E-state index contributed by atoms with van der Waals surface area (Å²) in [5.74, 6) is -1.07. The van der Waals surface area contributed by atoms with Gasteiger partial charge in [-0.1, -0.05) is 18.2 Å². The lowest BCUT2D eigenvalue weighted by molar-refractivity contribution is -0.156. The monoisotopic (exact) mass is 492 g/mol. The van der Waals surface area contributed by atoms with Gasteiger partial charge in [0.15, 0.2) is 6.61 Å². The van der Waals surface area contributed by atoms with Crippen LogP contribution in [-0.4, -0.2) is 61.4 Å². The Morgan fingerprint density at radius 3 is 2.26 bits per heavy atom. The van der Waals surface area contributed by atoms with Crippen LogP contribution >= 0.6 is 0 Å². The molecule has 1 heterocycles. The van der Waals surface area contributed by atoms with Crippen LogP contribution < -0.4 is 4.74 Å². The first kappa shape index (κ1) is 26.1. The number of methoxy groups -OCH3 is 1. The minimum absolute atomic E-state index is 0.155. The van der Waals surface area contributed by atoms with Crippen molar-refractivity contribution in [3.05, 3.63) is 65.2 Å². The molecule has 0 aromatic heterocycles. The van der Waals surface area contributed by atoms with Gasteiger partial charge in [0.05, 0.1) is 18.6 Å². The molecule has 0 saturated carbocycles. The smallest absolute Gasteiger partial charge is 0.416 e. The van der Waals surface area contributed by atoms with Crippen molar-refractivity contribution in [2.75, 3.05) is 33.9 Å². The van der Waals surface area contributed by atoms with Crippen LogP contribution in [0.3, 0.4) is 0 Å². The van der Waals surface area contributed by atoms with E-state index >= 15 is 0 Å². The summed E-state index contributed by atoms with van der Waals surface area (Å²) in [5.41, 5.74) is 0.156. The highest BCUT2D eigenvalue weighted by molar-refractivity contribution is 5.94. The van der Waals surface area contributed by atoms with Gasteiger partial charge in [-0.15, -0.1) is 0 Å². The zero-order valence-corrected chi connectivity index (χ0v) is 19.5. The van der Waals surface area contributed by atoms with Gasteiger partial charge in [0.25, 0.3) is 11.8 Å². The number of amides is 2. The van der Waals surface area contributed by atoms with E-state index in [0.717, 1.165) is 29.8 Å². The molecule has 0 bridgehead atoms. The van der Waals surface area contributed by atoms with E-state index in [4.69, 9.17) is 9.47 Å². The molecule has 3 rings (SSSR count). The van der Waals surface area contributed by atoms with E-state index in [1.165, 1.54) is 9.80 Å². The first-order valence-electron chi connectivity index (χ1n) is 11.1. The summed E-state index contributed by atoms with van der Waals surface area (Å²) < 4.78 is 48.6. The van der Waals surface area contributed by atoms with Gasteiger partial charge in [-0.25, -0.2) is 0 Å². The largest absolute Gasteiger partial charge is 0.496 e. The number of carbonyl (C=O) groups is 3. The quantitative estimate of drug-likeness (QED) is 0.550. The van der Waals surface area contributed by atoms with Crippen LogP contribution in [0.1, 0.15) is 34.3 Å². The van der Waals surface area contributed by atoms with Gasteiger partial charge < -0.3 is 19.3 Å². The van der Waals surface area contributed by atoms with Crippen LogP contribution in [0.5, 0.6) is 5.75 Å². The molecule has 0 N–H and O–H groups in total. The number of halogens is 3. The van der Waals surface area contributed by atoms with Crippen molar-refractivity contribution in [3.63, 3.8) is 0 Å². The molecule has 0 aliphatic carbocycles. The minimum Gasteiger partial charge on any atom is -0.496 e. The number of likely N-dealkylation sites (N-methyl/N-ethyl adjacent to an activating group) is 1. The van der Waals surface area contributed by atoms with Crippen molar-refractivity contribution in [2.24, 2.45) is 5.92 Å². The fourth-order valence-electron chi connectivity index (χ4n) is 3.84. The Kier molecular flexibility index (Phi) is 8.37. The van der Waals surface area contributed by atoms with Gasteiger partial charge >= 0.3 is 12.1 Å². The maximum atomic E-state index is 12.7. The summed E-state index contributed by atoms with van der Waals surface area (Å²) in [6.45, 7) is 0.433. The van der Waals surface area contributed by atoms with E-state index in [0.29, 0.717) is 25.1 Å². The molecule has 7 nitrogen and oxygen atoms in total. The average molecular weight is 492 g/mol. The number of hydrogen-bond donors (Lipinski definition) is 0. The molecule has 35 heavy (non-hydrogen) atoms. The number of carbonyl (C=O) groups excluding carboxylic acids is 3. The van der Waals surface area contributed by atoms with Crippen LogP contribution in [0.4, 0.5) is 13.2 Å². The first-order valence-corrected chi connectivity index (χ1v) is 11.1. The highest BCUT2D eigenvalue weighted by atomic mass is 19.4. The Hall–Kier alpha value is -3.56. The van der Waals surface area contributed by atoms with Crippen LogP contribution in [-0.2, 0) is 27.0 Å². The Balaban J connectivity index is 1.45. The highest BCUT2D eigenvalue weighted by Crippen LogP contribution is 2.29. The number of hydrogen-bond acceptors (Lipinski definition) is 5. The van der Waals surface area contributed by atoms with Crippen molar-refractivity contribution in [2.45, 2.75) is 25.6 Å². The van der Waals surface area contributed by atoms with Gasteiger partial charge in [-0.05, 0) is 43.2 Å². The second kappa shape index (κ2) is 11.2. The average Bonchev–Trinajstić information content (AvgIpc) is 2.86. The lowest BCUT2D eigenvalue weighted by Crippen LogP contribution is -2.41. The van der Waals surface area contributed by atoms with Crippen LogP contribution in [0.2, 0.25) is 0 Å². The lowest BCUT2D eigenvalue weighted by atomic mass is 9.96. The second-order valence-electron chi connectivity index (χ2n) is 8.31. The van der Waals surface area contributed by atoms with E-state index in [1.54, 1.807) is 20.2 Å². The van der Waals surface area contributed by atoms with Crippen molar-refractivity contribution in [3.8, 4) is 5.75 Å². The molecule has 2 aromatic rings. The van der Waals surface area contributed by atoms with E-state index < -0.39 is 36.1 Å². The minimum atomic E-state index is -4.47. The summed E-state index contributed by atoms with van der Waals surface area (Å²) in [5, 5.41) is 0. The summed E-state index contributed by atoms with van der Waals surface area (Å²) in [6, 6.07) is 11.4. The van der Waals surface area contributed by atoms with E-state index in [2.05, 4.69) is 0 Å². The van der Waals surface area contributed by atoms with Gasteiger partial charge in [-0.2, -0.15) is 13.2 Å². The zero-order chi connectivity index (χ0) is 25.6. The van der Waals surface area contributed by atoms with Crippen LogP contribution in [0, 0.1) is 5.92 Å². The number of nitrogens with zero attached hydrogens (tertiary/aromatic N) is 2. The van der Waals surface area contributed by atoms with Gasteiger partial charge in [-0.3, -0.25) is 14.4 Å². The van der Waals surface area contributed by atoms with E-state index in [1.807, 2.05) is 18.2 Å². The molecular weight excluding hydrogens is 465 g/mol. The zero-order valence-electron chi connectivity index (χ0n) is 19.5. The SMILES string of the molecule is COc1ccccc1CN(C)C(=O)COC(=O)C1CCN(C(=O)c2ccc(C(F)(F)F)cc2)CC1. The summed E-state index contributed by atoms with van der Waals surface area (Å²) in [4.78, 5) is 40.4. The lowest BCUT2D eigenvalue weighted by Gasteiger charge is -2.31. The number of para-hydroxylation sites is 1. The fourth-order valence-corrected chi connectivity index (χ4v) is 3.84. The fraction of sp³-hybridized carbons (Fsp3) is 0.400. The highest BCUT2D eigenvalue weighted by Gasteiger charge is 2.32. The third-order valence-corrected chi connectivity index (χ3v) is 5.94. The Morgan fingerprint density at radius 1 is 1.03 bits per heavy atom. The molecule has 1 saturated heterocycles. The molecule has 2 aromatic carbocycles. The molecule has 2 amide bonds. The third kappa shape index (κ3) is 6.74. The number of likely N-dealkylation sites (tertiary alicyclic amines) is 1. The van der Waals surface area contributed by atoms with Crippen molar-refractivity contribution in [1.82, 2.24) is 9.80 Å². The maximum absolute atomic E-state index is 12.7. The number of benzene rings is 2. The molecule has 0 unspecified atom stereocenters. The van der Waals surface area contributed by atoms with Gasteiger partial charge in [0, 0.05) is 37.8 Å². The van der Waals surface area contributed by atoms with Gasteiger partial charge in [0.1, 0.15) is 5.75 Å².